The predicted molar refractivity (Wildman–Crippen MR) is 79.6 cm³/mol. The molecule has 0 spiro atoms. The van der Waals surface area contributed by atoms with Crippen molar-refractivity contribution < 1.29 is 16.8 Å². The van der Waals surface area contributed by atoms with E-state index in [-0.39, 0.29) is 21.8 Å². The molecule has 1 aromatic rings. The molecule has 0 radical (unpaired) electrons. The Morgan fingerprint density at radius 3 is 2.38 bits per heavy atom. The molecule has 2 N–H and O–H groups in total. The summed E-state index contributed by atoms with van der Waals surface area (Å²) in [7, 11) is -7.64. The summed E-state index contributed by atoms with van der Waals surface area (Å²) in [5.41, 5.74) is 0. The minimum atomic E-state index is -3.92. The molecule has 1 aliphatic rings. The molecule has 0 aromatic heterocycles. The van der Waals surface area contributed by atoms with Gasteiger partial charge in [0.2, 0.25) is 20.0 Å². The van der Waals surface area contributed by atoms with Crippen molar-refractivity contribution in [1.29, 1.82) is 0 Å². The fraction of sp³-hybridized carbons (Fsp3) is 0.538. The zero-order chi connectivity index (χ0) is 15.8. The summed E-state index contributed by atoms with van der Waals surface area (Å²) >= 11 is 0. The Morgan fingerprint density at radius 1 is 1.14 bits per heavy atom. The number of primary sulfonamides is 1. The first-order chi connectivity index (χ1) is 9.64. The van der Waals surface area contributed by atoms with Crippen LogP contribution in [0.1, 0.15) is 26.7 Å². The van der Waals surface area contributed by atoms with E-state index in [1.165, 1.54) is 22.5 Å². The normalized spacial score (nSPS) is 24.9. The lowest BCUT2D eigenvalue weighted by Crippen LogP contribution is -2.45. The smallest absolute Gasteiger partial charge is 0.225 e. The van der Waals surface area contributed by atoms with Crippen molar-refractivity contribution in [1.82, 2.24) is 4.31 Å². The maximum Gasteiger partial charge on any atom is 0.243 e. The van der Waals surface area contributed by atoms with Gasteiger partial charge in [0.1, 0.15) is 0 Å². The Morgan fingerprint density at radius 2 is 1.76 bits per heavy atom. The molecule has 0 bridgehead atoms. The summed E-state index contributed by atoms with van der Waals surface area (Å²) in [6, 6.07) is 5.09. The molecular weight excluding hydrogens is 312 g/mol. The highest BCUT2D eigenvalue weighted by Gasteiger charge is 2.34. The van der Waals surface area contributed by atoms with Gasteiger partial charge in [-0.1, -0.05) is 13.0 Å². The van der Waals surface area contributed by atoms with Crippen molar-refractivity contribution in [3.63, 3.8) is 0 Å². The minimum absolute atomic E-state index is 0.0324. The summed E-state index contributed by atoms with van der Waals surface area (Å²) in [5, 5.41) is 5.06. The Kier molecular flexibility index (Phi) is 4.44. The Labute approximate surface area is 126 Å². The van der Waals surface area contributed by atoms with Crippen molar-refractivity contribution in [2.75, 3.05) is 6.54 Å². The van der Waals surface area contributed by atoms with Gasteiger partial charge in [-0.25, -0.2) is 22.0 Å². The third-order valence-corrected chi connectivity index (χ3v) is 6.95. The van der Waals surface area contributed by atoms with Crippen LogP contribution in [-0.2, 0) is 20.0 Å². The average Bonchev–Trinajstić information content (AvgIpc) is 2.41. The molecule has 1 aliphatic heterocycles. The largest absolute Gasteiger partial charge is 0.243 e. The molecule has 0 amide bonds. The first-order valence-electron chi connectivity index (χ1n) is 6.79. The van der Waals surface area contributed by atoms with Crippen LogP contribution in [0.4, 0.5) is 0 Å². The molecule has 1 fully saturated rings. The lowest BCUT2D eigenvalue weighted by atomic mass is 9.94. The second-order valence-electron chi connectivity index (χ2n) is 5.50. The summed E-state index contributed by atoms with van der Waals surface area (Å²) < 4.78 is 49.6. The first-order valence-corrected chi connectivity index (χ1v) is 9.77. The maximum absolute atomic E-state index is 12.7. The van der Waals surface area contributed by atoms with Crippen LogP contribution >= 0.6 is 0 Å². The molecule has 2 unspecified atom stereocenters. The van der Waals surface area contributed by atoms with E-state index in [2.05, 4.69) is 0 Å². The quantitative estimate of drug-likeness (QED) is 0.897. The third kappa shape index (κ3) is 3.28. The standard InChI is InChI=1S/C13H20N2O4S2/c1-10-5-4-8-15(11(10)2)21(18,19)13-7-3-6-12(9-13)20(14,16)17/h3,6-7,9-11H,4-5,8H2,1-2H3,(H2,14,16,17). The average molecular weight is 332 g/mol. The highest BCUT2D eigenvalue weighted by molar-refractivity contribution is 7.90. The molecular formula is C13H20N2O4S2. The van der Waals surface area contributed by atoms with Crippen LogP contribution in [0.3, 0.4) is 0 Å². The first kappa shape index (κ1) is 16.4. The van der Waals surface area contributed by atoms with Crippen LogP contribution in [0.15, 0.2) is 34.1 Å². The van der Waals surface area contributed by atoms with Gasteiger partial charge < -0.3 is 0 Å². The lowest BCUT2D eigenvalue weighted by molar-refractivity contribution is 0.202. The van der Waals surface area contributed by atoms with Crippen LogP contribution < -0.4 is 5.14 Å². The molecule has 2 rings (SSSR count). The predicted octanol–water partition coefficient (Wildman–Crippen LogP) is 1.14. The van der Waals surface area contributed by atoms with E-state index in [1.807, 2.05) is 13.8 Å². The van der Waals surface area contributed by atoms with Crippen LogP contribution in [0.2, 0.25) is 0 Å². The number of nitrogens with two attached hydrogens (primary N) is 1. The van der Waals surface area contributed by atoms with Gasteiger partial charge in [0.25, 0.3) is 0 Å². The molecule has 6 nitrogen and oxygen atoms in total. The van der Waals surface area contributed by atoms with E-state index in [1.54, 1.807) is 0 Å². The second-order valence-corrected chi connectivity index (χ2v) is 8.95. The summed E-state index contributed by atoms with van der Waals surface area (Å²) in [4.78, 5) is -0.226. The van der Waals surface area contributed by atoms with Gasteiger partial charge in [-0.05, 0) is 43.9 Å². The highest BCUT2D eigenvalue weighted by Crippen LogP contribution is 2.29. The number of rotatable bonds is 3. The van der Waals surface area contributed by atoms with Crippen LogP contribution in [0, 0.1) is 5.92 Å². The minimum Gasteiger partial charge on any atom is -0.225 e. The monoisotopic (exact) mass is 332 g/mol. The molecule has 1 saturated heterocycles. The summed E-state index contributed by atoms with van der Waals surface area (Å²) in [5.74, 6) is 0.273. The van der Waals surface area contributed by atoms with Crippen molar-refractivity contribution in [3.05, 3.63) is 24.3 Å². The van der Waals surface area contributed by atoms with E-state index in [4.69, 9.17) is 5.14 Å². The zero-order valence-corrected chi connectivity index (χ0v) is 13.7. The molecule has 21 heavy (non-hydrogen) atoms. The van der Waals surface area contributed by atoms with Crippen LogP contribution in [-0.4, -0.2) is 33.7 Å². The number of nitrogens with zero attached hydrogens (tertiary/aromatic N) is 1. The van der Waals surface area contributed by atoms with Crippen molar-refractivity contribution >= 4 is 20.0 Å². The van der Waals surface area contributed by atoms with Gasteiger partial charge in [0.15, 0.2) is 0 Å². The SMILES string of the molecule is CC1CCCN(S(=O)(=O)c2cccc(S(N)(=O)=O)c2)C1C. The summed E-state index contributed by atoms with van der Waals surface area (Å²) in [6.07, 6.45) is 1.80. The molecule has 0 aliphatic carbocycles. The van der Waals surface area contributed by atoms with Gasteiger partial charge in [-0.15, -0.1) is 0 Å². The van der Waals surface area contributed by atoms with Gasteiger partial charge in [-0.3, -0.25) is 0 Å². The van der Waals surface area contributed by atoms with Gasteiger partial charge in [0.05, 0.1) is 9.79 Å². The highest BCUT2D eigenvalue weighted by atomic mass is 32.2. The maximum atomic E-state index is 12.7. The van der Waals surface area contributed by atoms with E-state index in [0.717, 1.165) is 18.9 Å². The summed E-state index contributed by atoms with van der Waals surface area (Å²) in [6.45, 7) is 4.35. The number of hydrogen-bond donors (Lipinski definition) is 1. The van der Waals surface area contributed by atoms with Gasteiger partial charge >= 0.3 is 0 Å². The second kappa shape index (κ2) is 5.68. The van der Waals surface area contributed by atoms with Crippen LogP contribution in [0.5, 0.6) is 0 Å². The molecule has 8 heteroatoms. The Balaban J connectivity index is 2.45. The van der Waals surface area contributed by atoms with E-state index in [0.29, 0.717) is 6.54 Å². The molecule has 1 aromatic carbocycles. The molecule has 118 valence electrons. The molecule has 0 saturated carbocycles. The number of benzene rings is 1. The van der Waals surface area contributed by atoms with Crippen LogP contribution in [0.25, 0.3) is 0 Å². The fourth-order valence-corrected chi connectivity index (χ4v) is 5.03. The van der Waals surface area contributed by atoms with Gasteiger partial charge in [0, 0.05) is 12.6 Å². The van der Waals surface area contributed by atoms with E-state index < -0.39 is 20.0 Å². The number of sulfonamides is 2. The van der Waals surface area contributed by atoms with Crippen molar-refractivity contribution in [2.45, 2.75) is 42.5 Å². The lowest BCUT2D eigenvalue weighted by Gasteiger charge is -2.36. The Hall–Kier alpha value is -0.960. The van der Waals surface area contributed by atoms with E-state index >= 15 is 0 Å². The number of hydrogen-bond acceptors (Lipinski definition) is 4. The molecule has 1 heterocycles. The van der Waals surface area contributed by atoms with Crippen molar-refractivity contribution in [2.24, 2.45) is 11.1 Å². The zero-order valence-electron chi connectivity index (χ0n) is 12.1. The van der Waals surface area contributed by atoms with Crippen molar-refractivity contribution in [3.8, 4) is 0 Å². The van der Waals surface area contributed by atoms with E-state index in [9.17, 15) is 16.8 Å². The fourth-order valence-electron chi connectivity index (χ4n) is 2.58. The topological polar surface area (TPSA) is 97.5 Å². The molecule has 2 atom stereocenters. The third-order valence-electron chi connectivity index (χ3n) is 4.06. The van der Waals surface area contributed by atoms with Gasteiger partial charge in [-0.2, -0.15) is 4.31 Å². The number of piperidine rings is 1. The Bertz CT molecular complexity index is 728.